The number of hydrogen-bond donors (Lipinski definition) is 0. The van der Waals surface area contributed by atoms with E-state index in [1.165, 1.54) is 5.56 Å². The Bertz CT molecular complexity index is 167. The van der Waals surface area contributed by atoms with Crippen LogP contribution in [0.1, 0.15) is 11.1 Å². The van der Waals surface area contributed by atoms with Crippen LogP contribution in [0.4, 0.5) is 0 Å². The van der Waals surface area contributed by atoms with Crippen molar-refractivity contribution in [2.75, 3.05) is 0 Å². The van der Waals surface area contributed by atoms with E-state index in [2.05, 4.69) is 12.1 Å². The summed E-state index contributed by atoms with van der Waals surface area (Å²) in [5.41, 5.74) is 2.27. The van der Waals surface area contributed by atoms with Gasteiger partial charge in [0.25, 0.3) is 0 Å². The Kier molecular flexibility index (Phi) is 12.9. The summed E-state index contributed by atoms with van der Waals surface area (Å²) in [5.74, 6) is 0. The monoisotopic (exact) mass is 274 g/mol. The van der Waals surface area contributed by atoms with E-state index in [4.69, 9.17) is 0 Å². The molecule has 10 heavy (non-hydrogen) atoms. The molecule has 0 aliphatic rings. The third kappa shape index (κ3) is 6.36. The fourth-order valence-electron chi connectivity index (χ4n) is 0.665. The maximum Gasteiger partial charge on any atom is 1.00 e. The Morgan fingerprint density at radius 3 is 2.10 bits per heavy atom. The molecule has 0 unspecified atom stereocenters. The molecule has 0 nitrogen and oxygen atoms in total. The van der Waals surface area contributed by atoms with E-state index in [1.807, 2.05) is 26.0 Å². The average molecular weight is 275 g/mol. The fourth-order valence-corrected chi connectivity index (χ4v) is 0.665. The Balaban J connectivity index is 0. The third-order valence-electron chi connectivity index (χ3n) is 1.02. The first kappa shape index (κ1) is 15.3. The van der Waals surface area contributed by atoms with Crippen molar-refractivity contribution in [3.05, 3.63) is 35.4 Å². The van der Waals surface area contributed by atoms with Crippen molar-refractivity contribution in [2.45, 2.75) is 13.8 Å². The summed E-state index contributed by atoms with van der Waals surface area (Å²) in [5, 5.41) is 0. The predicted molar refractivity (Wildman–Crippen MR) is 33.6 cm³/mol. The van der Waals surface area contributed by atoms with Gasteiger partial charge in [0.05, 0.1) is 0 Å². The molecule has 0 saturated carbocycles. The van der Waals surface area contributed by atoms with Gasteiger partial charge in [-0.05, 0) is 0 Å². The van der Waals surface area contributed by atoms with Gasteiger partial charge in [-0.2, -0.15) is 0 Å². The van der Waals surface area contributed by atoms with Crippen LogP contribution in [0.25, 0.3) is 0 Å². The molecule has 0 aromatic heterocycles. The number of aryl methyl sites for hydroxylation is 2. The van der Waals surface area contributed by atoms with Gasteiger partial charge in [0.1, 0.15) is 0 Å². The van der Waals surface area contributed by atoms with Crippen molar-refractivity contribution in [1.82, 2.24) is 0 Å². The predicted octanol–water partition coefficient (Wildman–Crippen LogP) is -4.09. The summed E-state index contributed by atoms with van der Waals surface area (Å²) in [6.07, 6.45) is 0. The van der Waals surface area contributed by atoms with Crippen LogP contribution in [0.15, 0.2) is 12.1 Å². The molecular weight excluding hydrogens is 267 g/mol. The molecule has 0 aliphatic carbocycles. The summed E-state index contributed by atoms with van der Waals surface area (Å²) < 4.78 is 0. The van der Waals surface area contributed by atoms with E-state index in [-0.39, 0.29) is 116 Å². The molecule has 0 saturated heterocycles. The summed E-state index contributed by atoms with van der Waals surface area (Å²) in [6.45, 7) is 4.02. The van der Waals surface area contributed by atoms with E-state index in [9.17, 15) is 0 Å². The number of benzene rings is 1. The molecule has 0 bridgehead atoms. The smallest absolute Gasteiger partial charge is 0.356 e. The van der Waals surface area contributed by atoms with Crippen LogP contribution in [-0.2, 0) is 0 Å². The van der Waals surface area contributed by atoms with Gasteiger partial charge in [0, 0.05) is 0 Å². The molecule has 0 N–H and O–H groups in total. The van der Waals surface area contributed by atoms with Crippen molar-refractivity contribution in [2.24, 2.45) is 0 Å². The average Bonchev–Trinajstić information content (AvgIpc) is 1.64. The van der Waals surface area contributed by atoms with Crippen LogP contribution >= 0.6 is 0 Å². The van der Waals surface area contributed by atoms with E-state index in [1.54, 1.807) is 0 Å². The third-order valence-corrected chi connectivity index (χ3v) is 1.02. The molecule has 0 atom stereocenters. The summed E-state index contributed by atoms with van der Waals surface area (Å²) in [6, 6.07) is 10.0. The first-order valence-corrected chi connectivity index (χ1v) is 2.66. The van der Waals surface area contributed by atoms with Gasteiger partial charge in [0.15, 0.2) is 0 Å². The second-order valence-electron chi connectivity index (χ2n) is 1.91. The summed E-state index contributed by atoms with van der Waals surface area (Å²) in [4.78, 5) is 0. The first-order valence-electron chi connectivity index (χ1n) is 2.66. The molecular formula is C8H8Rb2. The molecule has 1 aromatic carbocycles. The van der Waals surface area contributed by atoms with Crippen molar-refractivity contribution < 1.29 is 116 Å². The SMILES string of the molecule is Cc1[c-]ccc(C)[c-]1.[Rb+].[Rb+]. The van der Waals surface area contributed by atoms with Crippen LogP contribution in [0.5, 0.6) is 0 Å². The molecule has 2 heteroatoms. The zero-order valence-electron chi connectivity index (χ0n) is 7.15. The number of hydrogen-bond acceptors (Lipinski definition) is 0. The minimum absolute atomic E-state index is 0. The molecule has 42 valence electrons. The molecule has 0 aliphatic heterocycles. The second-order valence-corrected chi connectivity index (χ2v) is 1.91. The van der Waals surface area contributed by atoms with Gasteiger partial charge in [-0.3, -0.25) is 23.3 Å². The van der Waals surface area contributed by atoms with Gasteiger partial charge in [-0.1, -0.05) is 13.8 Å². The second kappa shape index (κ2) is 8.43. The Labute approximate surface area is 161 Å². The van der Waals surface area contributed by atoms with Crippen LogP contribution in [0.3, 0.4) is 0 Å². The van der Waals surface area contributed by atoms with Crippen LogP contribution in [0, 0.1) is 26.0 Å². The molecule has 0 radical (unpaired) electrons. The minimum atomic E-state index is 0. The quantitative estimate of drug-likeness (QED) is 0.422. The van der Waals surface area contributed by atoms with Crippen LogP contribution in [0.2, 0.25) is 0 Å². The zero-order valence-corrected chi connectivity index (χ0v) is 17.0. The number of rotatable bonds is 0. The van der Waals surface area contributed by atoms with Gasteiger partial charge in [0.2, 0.25) is 0 Å². The Morgan fingerprint density at radius 2 is 1.80 bits per heavy atom. The summed E-state index contributed by atoms with van der Waals surface area (Å²) in [7, 11) is 0. The molecule has 1 rings (SSSR count). The topological polar surface area (TPSA) is 0 Å². The van der Waals surface area contributed by atoms with Crippen LogP contribution < -0.4 is 116 Å². The fraction of sp³-hybridized carbons (Fsp3) is 0.250. The maximum atomic E-state index is 3.11. The van der Waals surface area contributed by atoms with E-state index in [0.29, 0.717) is 0 Å². The zero-order chi connectivity index (χ0) is 5.98. The maximum absolute atomic E-state index is 3.11. The van der Waals surface area contributed by atoms with E-state index < -0.39 is 0 Å². The summed E-state index contributed by atoms with van der Waals surface area (Å²) >= 11 is 0. The van der Waals surface area contributed by atoms with Gasteiger partial charge in [-0.25, -0.2) is 0 Å². The van der Waals surface area contributed by atoms with Crippen molar-refractivity contribution in [3.8, 4) is 0 Å². The van der Waals surface area contributed by atoms with Crippen LogP contribution in [-0.4, -0.2) is 0 Å². The normalized spacial score (nSPS) is 7.40. The molecule has 0 spiro atoms. The Hall–Kier alpha value is 2.83. The van der Waals surface area contributed by atoms with E-state index in [0.717, 1.165) is 5.56 Å². The van der Waals surface area contributed by atoms with Gasteiger partial charge < -0.3 is 12.1 Å². The minimum Gasteiger partial charge on any atom is -0.356 e. The molecule has 0 fully saturated rings. The van der Waals surface area contributed by atoms with Gasteiger partial charge >= 0.3 is 116 Å². The Morgan fingerprint density at radius 1 is 1.20 bits per heavy atom. The molecule has 0 heterocycles. The van der Waals surface area contributed by atoms with Crippen molar-refractivity contribution in [3.63, 3.8) is 0 Å². The largest absolute Gasteiger partial charge is 1.00 e. The van der Waals surface area contributed by atoms with Crippen molar-refractivity contribution >= 4 is 0 Å². The molecule has 1 aromatic rings. The first-order chi connectivity index (χ1) is 3.79. The van der Waals surface area contributed by atoms with Gasteiger partial charge in [-0.15, -0.1) is 0 Å². The molecule has 0 amide bonds. The van der Waals surface area contributed by atoms with Crippen molar-refractivity contribution in [1.29, 1.82) is 0 Å². The standard InChI is InChI=1S/C8H8.2Rb/c1-7-4-3-5-8(2)6-7;;/h3-4H,1-2H3;;/q-2;2*+1. The van der Waals surface area contributed by atoms with E-state index >= 15 is 0 Å².